The third-order valence-electron chi connectivity index (χ3n) is 4.49. The van der Waals surface area contributed by atoms with Crippen LogP contribution in [0.4, 0.5) is 4.39 Å². The maximum absolute atomic E-state index is 13.1. The van der Waals surface area contributed by atoms with Gasteiger partial charge in [0.25, 0.3) is 0 Å². The second-order valence-corrected chi connectivity index (χ2v) is 7.51. The third-order valence-corrected chi connectivity index (χ3v) is 5.08. The highest BCUT2D eigenvalue weighted by Gasteiger charge is 2.24. The molecule has 0 aliphatic carbocycles. The lowest BCUT2D eigenvalue weighted by molar-refractivity contribution is -0.129. The van der Waals surface area contributed by atoms with Crippen molar-refractivity contribution in [1.82, 2.24) is 0 Å². The van der Waals surface area contributed by atoms with Gasteiger partial charge in [0.05, 0.1) is 11.6 Å². The molecule has 1 aliphatic rings. The van der Waals surface area contributed by atoms with E-state index >= 15 is 0 Å². The number of cyclic esters (lactones) is 1. The molecule has 0 aromatic heterocycles. The number of ether oxygens (including phenoxy) is 3. The van der Waals surface area contributed by atoms with Crippen molar-refractivity contribution in [2.45, 2.75) is 6.61 Å². The van der Waals surface area contributed by atoms with Crippen molar-refractivity contribution in [2.75, 3.05) is 7.11 Å². The van der Waals surface area contributed by atoms with Crippen molar-refractivity contribution in [1.29, 1.82) is 0 Å². The van der Waals surface area contributed by atoms with E-state index in [1.54, 1.807) is 25.3 Å². The van der Waals surface area contributed by atoms with Crippen LogP contribution < -0.4 is 9.47 Å². The van der Waals surface area contributed by atoms with Gasteiger partial charge in [-0.25, -0.2) is 14.2 Å². The van der Waals surface area contributed by atoms with Crippen molar-refractivity contribution >= 4 is 33.9 Å². The normalized spacial score (nSPS) is 14.4. The van der Waals surface area contributed by atoms with E-state index in [-0.39, 0.29) is 17.4 Å². The van der Waals surface area contributed by atoms with Crippen LogP contribution in [0.5, 0.6) is 11.5 Å². The zero-order valence-corrected chi connectivity index (χ0v) is 18.1. The molecule has 4 rings (SSSR count). The summed E-state index contributed by atoms with van der Waals surface area (Å²) in [6.45, 7) is 0.383. The molecule has 5 nitrogen and oxygen atoms in total. The average molecular weight is 482 g/mol. The highest BCUT2D eigenvalue weighted by Crippen LogP contribution is 2.38. The lowest BCUT2D eigenvalue weighted by Crippen LogP contribution is -2.05. The molecule has 7 heteroatoms. The predicted octanol–water partition coefficient (Wildman–Crippen LogP) is 5.52. The van der Waals surface area contributed by atoms with Crippen LogP contribution >= 0.6 is 15.9 Å². The minimum absolute atomic E-state index is 0.130. The van der Waals surface area contributed by atoms with Crippen molar-refractivity contribution in [3.05, 3.63) is 99.4 Å². The number of carbonyl (C=O) groups excluding carboxylic acids is 1. The summed E-state index contributed by atoms with van der Waals surface area (Å²) in [7, 11) is 1.54. The van der Waals surface area contributed by atoms with Crippen LogP contribution in [-0.2, 0) is 16.1 Å². The van der Waals surface area contributed by atoms with Gasteiger partial charge in [0.2, 0.25) is 5.90 Å². The van der Waals surface area contributed by atoms with Gasteiger partial charge < -0.3 is 14.2 Å². The minimum atomic E-state index is -0.584. The fraction of sp³-hybridized carbons (Fsp3) is 0.0833. The molecule has 0 saturated carbocycles. The van der Waals surface area contributed by atoms with Crippen LogP contribution in [0.2, 0.25) is 0 Å². The molecule has 0 saturated heterocycles. The van der Waals surface area contributed by atoms with E-state index in [0.29, 0.717) is 33.7 Å². The lowest BCUT2D eigenvalue weighted by Gasteiger charge is -2.13. The number of aliphatic imine (C=N–C) groups is 1. The van der Waals surface area contributed by atoms with Crippen LogP contribution in [0.1, 0.15) is 16.7 Å². The fourth-order valence-electron chi connectivity index (χ4n) is 2.98. The van der Waals surface area contributed by atoms with Gasteiger partial charge in [0, 0.05) is 5.56 Å². The Morgan fingerprint density at radius 2 is 1.84 bits per heavy atom. The maximum Gasteiger partial charge on any atom is 0.363 e. The number of carbonyl (C=O) groups is 1. The van der Waals surface area contributed by atoms with E-state index < -0.39 is 5.97 Å². The zero-order chi connectivity index (χ0) is 21.8. The van der Waals surface area contributed by atoms with Gasteiger partial charge in [-0.05, 0) is 69.5 Å². The first-order chi connectivity index (χ1) is 15.0. The monoisotopic (exact) mass is 481 g/mol. The molecule has 3 aromatic carbocycles. The standard InChI is InChI=1S/C24H17BrFNO4/c1-29-21-13-16(11-19(25)22(21)30-14-15-5-3-2-4-6-15)12-20-24(28)31-23(27-20)17-7-9-18(26)10-8-17/h2-13H,14H2,1H3. The van der Waals surface area contributed by atoms with E-state index in [4.69, 9.17) is 14.2 Å². The van der Waals surface area contributed by atoms with E-state index in [2.05, 4.69) is 20.9 Å². The molecule has 0 fully saturated rings. The first kappa shape index (κ1) is 20.8. The smallest absolute Gasteiger partial charge is 0.363 e. The van der Waals surface area contributed by atoms with Crippen molar-refractivity contribution in [3.63, 3.8) is 0 Å². The van der Waals surface area contributed by atoms with E-state index in [1.807, 2.05) is 30.3 Å². The maximum atomic E-state index is 13.1. The molecule has 31 heavy (non-hydrogen) atoms. The van der Waals surface area contributed by atoms with Crippen molar-refractivity contribution < 1.29 is 23.4 Å². The molecule has 0 atom stereocenters. The number of hydrogen-bond acceptors (Lipinski definition) is 5. The number of hydrogen-bond donors (Lipinski definition) is 0. The van der Waals surface area contributed by atoms with Crippen LogP contribution in [0.3, 0.4) is 0 Å². The Balaban J connectivity index is 1.59. The number of benzene rings is 3. The molecule has 156 valence electrons. The summed E-state index contributed by atoms with van der Waals surface area (Å²) in [6.07, 6.45) is 1.59. The van der Waals surface area contributed by atoms with Crippen LogP contribution in [0.25, 0.3) is 6.08 Å². The molecule has 0 unspecified atom stereocenters. The topological polar surface area (TPSA) is 57.1 Å². The van der Waals surface area contributed by atoms with Gasteiger partial charge in [-0.2, -0.15) is 0 Å². The van der Waals surface area contributed by atoms with Gasteiger partial charge in [0.15, 0.2) is 17.2 Å². The highest BCUT2D eigenvalue weighted by atomic mass is 79.9. The quantitative estimate of drug-likeness (QED) is 0.343. The molecule has 0 bridgehead atoms. The van der Waals surface area contributed by atoms with Gasteiger partial charge >= 0.3 is 5.97 Å². The predicted molar refractivity (Wildman–Crippen MR) is 118 cm³/mol. The number of rotatable bonds is 6. The Hall–Kier alpha value is -3.45. The van der Waals surface area contributed by atoms with E-state index in [0.717, 1.165) is 5.56 Å². The van der Waals surface area contributed by atoms with Gasteiger partial charge in [-0.1, -0.05) is 30.3 Å². The summed E-state index contributed by atoms with van der Waals surface area (Å²) in [4.78, 5) is 16.5. The van der Waals surface area contributed by atoms with Crippen molar-refractivity contribution in [3.8, 4) is 11.5 Å². The summed E-state index contributed by atoms with van der Waals surface area (Å²) < 4.78 is 30.4. The average Bonchev–Trinajstić information content (AvgIpc) is 3.14. The molecule has 1 aliphatic heterocycles. The number of methoxy groups -OCH3 is 1. The summed E-state index contributed by atoms with van der Waals surface area (Å²) in [5, 5.41) is 0. The molecule has 1 heterocycles. The Morgan fingerprint density at radius 3 is 2.55 bits per heavy atom. The Labute approximate surface area is 186 Å². The van der Waals surface area contributed by atoms with Crippen LogP contribution in [-0.4, -0.2) is 19.0 Å². The second-order valence-electron chi connectivity index (χ2n) is 6.65. The van der Waals surface area contributed by atoms with Gasteiger partial charge in [-0.3, -0.25) is 0 Å². The summed E-state index contributed by atoms with van der Waals surface area (Å²) in [5.74, 6) is 0.226. The summed E-state index contributed by atoms with van der Waals surface area (Å²) in [6, 6.07) is 18.9. The molecule has 0 spiro atoms. The fourth-order valence-corrected chi connectivity index (χ4v) is 3.55. The number of esters is 1. The van der Waals surface area contributed by atoms with E-state index in [9.17, 15) is 9.18 Å². The molecule has 0 N–H and O–H groups in total. The zero-order valence-electron chi connectivity index (χ0n) is 16.5. The Morgan fingerprint density at radius 1 is 1.10 bits per heavy atom. The number of halogens is 2. The molecular formula is C24H17BrFNO4. The Bertz CT molecular complexity index is 1170. The van der Waals surface area contributed by atoms with E-state index in [1.165, 1.54) is 24.3 Å². The summed E-state index contributed by atoms with van der Waals surface area (Å²) >= 11 is 3.51. The summed E-state index contributed by atoms with van der Waals surface area (Å²) in [5.41, 5.74) is 2.35. The molecule has 3 aromatic rings. The third kappa shape index (κ3) is 4.83. The SMILES string of the molecule is COc1cc(C=C2N=C(c3ccc(F)cc3)OC2=O)cc(Br)c1OCc1ccccc1. The van der Waals surface area contributed by atoms with Gasteiger partial charge in [0.1, 0.15) is 12.4 Å². The van der Waals surface area contributed by atoms with Gasteiger partial charge in [-0.15, -0.1) is 0 Å². The van der Waals surface area contributed by atoms with Crippen molar-refractivity contribution in [2.24, 2.45) is 4.99 Å². The molecule has 0 radical (unpaired) electrons. The lowest BCUT2D eigenvalue weighted by atomic mass is 10.1. The first-order valence-electron chi connectivity index (χ1n) is 9.36. The highest BCUT2D eigenvalue weighted by molar-refractivity contribution is 9.10. The van der Waals surface area contributed by atoms with Crippen LogP contribution in [0.15, 0.2) is 81.9 Å². The van der Waals surface area contributed by atoms with Crippen LogP contribution in [0, 0.1) is 5.82 Å². The molecular weight excluding hydrogens is 465 g/mol. The number of nitrogens with zero attached hydrogens (tertiary/aromatic N) is 1. The largest absolute Gasteiger partial charge is 0.493 e. The Kier molecular flexibility index (Phi) is 6.13. The second kappa shape index (κ2) is 9.14. The first-order valence-corrected chi connectivity index (χ1v) is 10.2. The minimum Gasteiger partial charge on any atom is -0.493 e. The molecule has 0 amide bonds.